The zero-order chi connectivity index (χ0) is 39.6. The van der Waals surface area contributed by atoms with E-state index in [2.05, 4.69) is 195 Å². The fourth-order valence-electron chi connectivity index (χ4n) is 10.1. The van der Waals surface area contributed by atoms with Crippen LogP contribution in [0.4, 0.5) is 0 Å². The molecule has 0 aliphatic carbocycles. The summed E-state index contributed by atoms with van der Waals surface area (Å²) < 4.78 is 7.10. The minimum atomic E-state index is 0.593. The van der Waals surface area contributed by atoms with E-state index in [-0.39, 0.29) is 0 Å². The van der Waals surface area contributed by atoms with Gasteiger partial charge in [-0.15, -0.1) is 6.42 Å². The van der Waals surface area contributed by atoms with Gasteiger partial charge < -0.3 is 8.97 Å². The summed E-state index contributed by atoms with van der Waals surface area (Å²) in [5, 5.41) is 10.4. The van der Waals surface area contributed by atoms with E-state index in [1.54, 1.807) is 0 Å². The third-order valence-corrected chi connectivity index (χ3v) is 12.5. The van der Waals surface area contributed by atoms with E-state index in [0.29, 0.717) is 5.95 Å². The molecule has 0 fully saturated rings. The lowest BCUT2D eigenvalue weighted by molar-refractivity contribution is 1.02. The summed E-state index contributed by atoms with van der Waals surface area (Å²) in [6.45, 7) is 2.04. The average molecular weight is 764 g/mol. The van der Waals surface area contributed by atoms with Crippen molar-refractivity contribution >= 4 is 98.7 Å². The smallest absolute Gasteiger partial charge is 0.235 e. The van der Waals surface area contributed by atoms with Gasteiger partial charge in [0.1, 0.15) is 0 Å². The van der Waals surface area contributed by atoms with Gasteiger partial charge >= 0.3 is 0 Å². The van der Waals surface area contributed by atoms with Crippen LogP contribution in [0.2, 0.25) is 0 Å². The normalized spacial score (nSPS) is 12.3. The summed E-state index contributed by atoms with van der Waals surface area (Å²) in [7, 11) is 0. The molecule has 0 saturated heterocycles. The topological polar surface area (TPSA) is 40.0 Å². The Morgan fingerprint density at radius 1 is 0.500 bits per heavy atom. The molecule has 5 nitrogen and oxygen atoms in total. The highest BCUT2D eigenvalue weighted by atomic mass is 15.2. The summed E-state index contributed by atoms with van der Waals surface area (Å²) in [6.07, 6.45) is 10.5. The lowest BCUT2D eigenvalue weighted by Crippen LogP contribution is -2.05. The second kappa shape index (κ2) is 12.2. The number of para-hydroxylation sites is 5. The van der Waals surface area contributed by atoms with Gasteiger partial charge in [0.05, 0.1) is 49.8 Å². The lowest BCUT2D eigenvalue weighted by Gasteiger charge is -2.14. The van der Waals surface area contributed by atoms with Gasteiger partial charge in [0, 0.05) is 70.9 Å². The standard InChI is InChI=1S/C55H33N5/c1-3-16-36-33(4-2)27-30-40-44-32-43-38-20-10-14-25-47(38)59-48-26-15-11-22-42(48)50(53(43)59)54(44)60(52(36)40)55-56-45-23-12-8-21-41(45)51(57-55)34-28-29-39-37-19-9-13-24-46(37)58(49(39)31-34)35-17-6-5-7-18-35/h2-3,5-32H,1H3/b16-3-. The molecule has 0 aliphatic rings. The SMILES string of the molecule is C#Cc1ccc2c3cc4c5ccccc5n5c6ccccc6c(c3n(-c3nc(-c6ccc7c8ccccc8n(-c8ccccc8)c7c6)c6ccccc6n3)c2c1/C=C\C)c45. The summed E-state index contributed by atoms with van der Waals surface area (Å²) in [6, 6.07) is 58.5. The fraction of sp³-hybridized carbons (Fsp3) is 0.0182. The molecule has 0 unspecified atom stereocenters. The number of terminal acetylenes is 1. The highest BCUT2D eigenvalue weighted by Gasteiger charge is 2.27. The van der Waals surface area contributed by atoms with Crippen LogP contribution >= 0.6 is 0 Å². The maximum atomic E-state index is 6.28. The van der Waals surface area contributed by atoms with Crippen LogP contribution in [0.5, 0.6) is 0 Å². The van der Waals surface area contributed by atoms with Crippen LogP contribution in [0.15, 0.2) is 170 Å². The van der Waals surface area contributed by atoms with Crippen molar-refractivity contribution in [3.8, 4) is 35.2 Å². The molecular weight excluding hydrogens is 731 g/mol. The van der Waals surface area contributed by atoms with Gasteiger partial charge in [-0.3, -0.25) is 4.57 Å². The van der Waals surface area contributed by atoms with Crippen molar-refractivity contribution in [2.45, 2.75) is 6.92 Å². The van der Waals surface area contributed by atoms with Crippen LogP contribution < -0.4 is 0 Å². The van der Waals surface area contributed by atoms with Crippen LogP contribution in [0.3, 0.4) is 0 Å². The number of aromatic nitrogens is 5. The summed E-state index contributed by atoms with van der Waals surface area (Å²) in [5.74, 6) is 3.60. The number of benzene rings is 8. The molecule has 0 aliphatic heterocycles. The lowest BCUT2D eigenvalue weighted by atomic mass is 10.0. The highest BCUT2D eigenvalue weighted by molar-refractivity contribution is 6.34. The second-order valence-electron chi connectivity index (χ2n) is 15.6. The molecule has 0 amide bonds. The molecule has 0 saturated carbocycles. The van der Waals surface area contributed by atoms with E-state index in [1.165, 1.54) is 48.9 Å². The largest absolute Gasteiger partial charge is 0.309 e. The van der Waals surface area contributed by atoms with Gasteiger partial charge in [-0.2, -0.15) is 0 Å². The second-order valence-corrected chi connectivity index (χ2v) is 15.6. The van der Waals surface area contributed by atoms with Crippen LogP contribution in [0.1, 0.15) is 18.1 Å². The Morgan fingerprint density at radius 2 is 1.13 bits per heavy atom. The van der Waals surface area contributed by atoms with Crippen molar-refractivity contribution in [1.29, 1.82) is 0 Å². The first-order valence-corrected chi connectivity index (χ1v) is 20.3. The Morgan fingerprint density at radius 3 is 1.92 bits per heavy atom. The molecule has 0 atom stereocenters. The van der Waals surface area contributed by atoms with E-state index >= 15 is 0 Å². The first-order chi connectivity index (χ1) is 29.7. The zero-order valence-electron chi connectivity index (χ0n) is 32.6. The predicted octanol–water partition coefficient (Wildman–Crippen LogP) is 13.7. The number of rotatable bonds is 4. The Hall–Kier alpha value is -8.20. The van der Waals surface area contributed by atoms with Crippen LogP contribution in [-0.4, -0.2) is 23.5 Å². The van der Waals surface area contributed by atoms with Gasteiger partial charge in [-0.25, -0.2) is 9.97 Å². The van der Waals surface area contributed by atoms with E-state index < -0.39 is 0 Å². The molecule has 0 bridgehead atoms. The number of hydrogen-bond donors (Lipinski definition) is 0. The van der Waals surface area contributed by atoms with Gasteiger partial charge in [0.15, 0.2) is 0 Å². The molecule has 0 N–H and O–H groups in total. The van der Waals surface area contributed by atoms with Crippen molar-refractivity contribution in [3.63, 3.8) is 0 Å². The van der Waals surface area contributed by atoms with Gasteiger partial charge in [-0.05, 0) is 61.5 Å². The zero-order valence-corrected chi connectivity index (χ0v) is 32.6. The average Bonchev–Trinajstić information content (AvgIpc) is 4.03. The number of allylic oxidation sites excluding steroid dienone is 1. The molecule has 278 valence electrons. The summed E-state index contributed by atoms with van der Waals surface area (Å²) in [4.78, 5) is 11.1. The molecule has 13 aromatic rings. The third-order valence-electron chi connectivity index (χ3n) is 12.5. The predicted molar refractivity (Wildman–Crippen MR) is 251 cm³/mol. The molecule has 5 heteroatoms. The van der Waals surface area contributed by atoms with E-state index in [4.69, 9.17) is 16.4 Å². The fourth-order valence-corrected chi connectivity index (χ4v) is 10.1. The van der Waals surface area contributed by atoms with Crippen LogP contribution in [0.25, 0.3) is 122 Å². The Kier molecular flexibility index (Phi) is 6.65. The molecular formula is C55H33N5. The molecule has 60 heavy (non-hydrogen) atoms. The third kappa shape index (κ3) is 4.26. The van der Waals surface area contributed by atoms with Crippen molar-refractivity contribution in [2.75, 3.05) is 0 Å². The number of nitrogens with zero attached hydrogens (tertiary/aromatic N) is 5. The Bertz CT molecular complexity index is 4020. The van der Waals surface area contributed by atoms with E-state index in [1.807, 2.05) is 6.92 Å². The molecule has 13 rings (SSSR count). The molecule has 8 aromatic carbocycles. The maximum Gasteiger partial charge on any atom is 0.235 e. The molecule has 0 radical (unpaired) electrons. The van der Waals surface area contributed by atoms with E-state index in [9.17, 15) is 0 Å². The first kappa shape index (κ1) is 32.8. The number of fused-ring (bicyclic) bond motifs is 14. The van der Waals surface area contributed by atoms with Crippen LogP contribution in [0, 0.1) is 12.3 Å². The van der Waals surface area contributed by atoms with E-state index in [0.717, 1.165) is 71.8 Å². The highest BCUT2D eigenvalue weighted by Crippen LogP contribution is 2.47. The Labute approximate surface area is 344 Å². The van der Waals surface area contributed by atoms with Crippen molar-refractivity contribution in [1.82, 2.24) is 23.5 Å². The van der Waals surface area contributed by atoms with Crippen LogP contribution in [-0.2, 0) is 0 Å². The molecule has 0 spiro atoms. The minimum absolute atomic E-state index is 0.593. The maximum absolute atomic E-state index is 6.28. The summed E-state index contributed by atoms with van der Waals surface area (Å²) >= 11 is 0. The van der Waals surface area contributed by atoms with Crippen molar-refractivity contribution < 1.29 is 0 Å². The van der Waals surface area contributed by atoms with Gasteiger partial charge in [0.25, 0.3) is 0 Å². The molecule has 5 heterocycles. The Balaban J connectivity index is 1.21. The monoisotopic (exact) mass is 763 g/mol. The van der Waals surface area contributed by atoms with Crippen molar-refractivity contribution in [3.05, 3.63) is 181 Å². The van der Waals surface area contributed by atoms with Gasteiger partial charge in [-0.1, -0.05) is 127 Å². The quantitative estimate of drug-likeness (QED) is 0.168. The number of hydrogen-bond acceptors (Lipinski definition) is 2. The first-order valence-electron chi connectivity index (χ1n) is 20.3. The summed E-state index contributed by atoms with van der Waals surface area (Å²) in [5.41, 5.74) is 13.5. The van der Waals surface area contributed by atoms with Crippen molar-refractivity contribution in [2.24, 2.45) is 0 Å². The minimum Gasteiger partial charge on any atom is -0.309 e. The van der Waals surface area contributed by atoms with Gasteiger partial charge in [0.2, 0.25) is 5.95 Å². The molecule has 5 aromatic heterocycles.